The molecule has 3 aliphatic carbocycles. The van der Waals surface area contributed by atoms with E-state index in [4.69, 9.17) is 0 Å². The van der Waals surface area contributed by atoms with Gasteiger partial charge in [-0.3, -0.25) is 4.79 Å². The maximum atomic E-state index is 11.1. The van der Waals surface area contributed by atoms with Gasteiger partial charge in [0.25, 0.3) is 0 Å². The van der Waals surface area contributed by atoms with E-state index in [1.807, 2.05) is 0 Å². The molecule has 1 saturated carbocycles. The van der Waals surface area contributed by atoms with Gasteiger partial charge in [0.05, 0.1) is 5.92 Å². The summed E-state index contributed by atoms with van der Waals surface area (Å²) < 4.78 is 0. The molecule has 0 aromatic heterocycles. The highest BCUT2D eigenvalue weighted by Crippen LogP contribution is 2.44. The van der Waals surface area contributed by atoms with Crippen LogP contribution in [-0.4, -0.2) is 11.9 Å². The number of carbonyl (C=O) groups excluding carboxylic acids is 1. The molecule has 2 nitrogen and oxygen atoms in total. The molecule has 0 aromatic rings. The quantitative estimate of drug-likeness (QED) is 0.398. The molecule has 0 spiro atoms. The highest BCUT2D eigenvalue weighted by molar-refractivity contribution is 5.87. The van der Waals surface area contributed by atoms with E-state index in [2.05, 4.69) is 17.5 Å². The van der Waals surface area contributed by atoms with E-state index in [0.717, 1.165) is 0 Å². The predicted octanol–water partition coefficient (Wildman–Crippen LogP) is 0.697. The SMILES string of the molecule is O=C1N[C@H]2C3C=CC(CC3)[C@@H]12. The van der Waals surface area contributed by atoms with Crippen LogP contribution in [0.3, 0.4) is 0 Å². The minimum absolute atomic E-state index is 0.286. The molecule has 0 aromatic carbocycles. The van der Waals surface area contributed by atoms with Gasteiger partial charge in [-0.05, 0) is 24.7 Å². The lowest BCUT2D eigenvalue weighted by Crippen LogP contribution is -2.66. The highest BCUT2D eigenvalue weighted by Gasteiger charge is 2.51. The lowest BCUT2D eigenvalue weighted by molar-refractivity contribution is -0.141. The Balaban J connectivity index is 2.00. The van der Waals surface area contributed by atoms with Gasteiger partial charge >= 0.3 is 0 Å². The smallest absolute Gasteiger partial charge is 0.226 e. The number of rotatable bonds is 0. The summed E-state index contributed by atoms with van der Waals surface area (Å²) in [5.41, 5.74) is 0. The molecule has 1 heterocycles. The Kier molecular flexibility index (Phi) is 0.888. The monoisotopic (exact) mass is 149 g/mol. The van der Waals surface area contributed by atoms with Crippen LogP contribution in [0.1, 0.15) is 12.8 Å². The largest absolute Gasteiger partial charge is 0.352 e. The minimum Gasteiger partial charge on any atom is -0.352 e. The number of fused-ring (bicyclic) bond motifs is 1. The summed E-state index contributed by atoms with van der Waals surface area (Å²) in [4.78, 5) is 11.1. The summed E-state index contributed by atoms with van der Waals surface area (Å²) in [5.74, 6) is 1.86. The van der Waals surface area contributed by atoms with Gasteiger partial charge < -0.3 is 5.32 Å². The maximum Gasteiger partial charge on any atom is 0.226 e. The Bertz CT molecular complexity index is 246. The van der Waals surface area contributed by atoms with Crippen LogP contribution < -0.4 is 5.32 Å². The summed E-state index contributed by atoms with van der Waals surface area (Å²) in [5, 5.41) is 2.99. The zero-order valence-corrected chi connectivity index (χ0v) is 6.29. The molecule has 1 N–H and O–H groups in total. The Morgan fingerprint density at radius 3 is 2.45 bits per heavy atom. The predicted molar refractivity (Wildman–Crippen MR) is 40.8 cm³/mol. The van der Waals surface area contributed by atoms with Gasteiger partial charge in [0, 0.05) is 6.04 Å². The molecule has 11 heavy (non-hydrogen) atoms. The second kappa shape index (κ2) is 1.68. The first-order valence-electron chi connectivity index (χ1n) is 4.35. The van der Waals surface area contributed by atoms with Crippen LogP contribution in [0.5, 0.6) is 0 Å². The van der Waals surface area contributed by atoms with Crippen LogP contribution in [-0.2, 0) is 4.79 Å². The number of nitrogens with one attached hydrogen (secondary N) is 1. The first-order valence-corrected chi connectivity index (χ1v) is 4.35. The van der Waals surface area contributed by atoms with Gasteiger partial charge in [-0.1, -0.05) is 12.2 Å². The van der Waals surface area contributed by atoms with Crippen molar-refractivity contribution in [3.8, 4) is 0 Å². The Morgan fingerprint density at radius 1 is 1.27 bits per heavy atom. The third-order valence-corrected chi connectivity index (χ3v) is 3.36. The summed E-state index contributed by atoms with van der Waals surface area (Å²) in [7, 11) is 0. The number of β-lactam (4-membered cyclic amide) rings is 1. The van der Waals surface area contributed by atoms with E-state index in [-0.39, 0.29) is 5.91 Å². The van der Waals surface area contributed by atoms with E-state index in [1.165, 1.54) is 12.8 Å². The molecule has 0 radical (unpaired) electrons. The molecular formula is C9H11NO. The lowest BCUT2D eigenvalue weighted by Gasteiger charge is -2.51. The molecule has 2 unspecified atom stereocenters. The average molecular weight is 149 g/mol. The van der Waals surface area contributed by atoms with Crippen molar-refractivity contribution < 1.29 is 4.79 Å². The normalized spacial score (nSPS) is 51.5. The van der Waals surface area contributed by atoms with E-state index in [9.17, 15) is 4.79 Å². The van der Waals surface area contributed by atoms with Crippen molar-refractivity contribution >= 4 is 5.91 Å². The molecular weight excluding hydrogens is 138 g/mol. The topological polar surface area (TPSA) is 29.1 Å². The molecule has 4 atom stereocenters. The zero-order valence-electron chi connectivity index (χ0n) is 6.29. The summed E-state index contributed by atoms with van der Waals surface area (Å²) in [6, 6.07) is 0.506. The first-order chi connectivity index (χ1) is 5.36. The molecule has 4 rings (SSSR count). The van der Waals surface area contributed by atoms with Gasteiger partial charge in [-0.15, -0.1) is 0 Å². The Morgan fingerprint density at radius 2 is 2.00 bits per heavy atom. The van der Waals surface area contributed by atoms with Gasteiger partial charge in [-0.25, -0.2) is 0 Å². The fourth-order valence-electron chi connectivity index (χ4n) is 2.71. The van der Waals surface area contributed by atoms with E-state index in [1.54, 1.807) is 0 Å². The summed E-state index contributed by atoms with van der Waals surface area (Å²) in [6.45, 7) is 0. The molecule has 2 bridgehead atoms. The summed E-state index contributed by atoms with van der Waals surface area (Å²) in [6.07, 6.45) is 7.04. The van der Waals surface area contributed by atoms with Gasteiger partial charge in [0.2, 0.25) is 5.91 Å². The highest BCUT2D eigenvalue weighted by atomic mass is 16.2. The standard InChI is InChI=1S/C9H11NO/c11-9-7-5-1-3-6(4-2-5)8(7)10-9/h1,3,5-8H,2,4H2,(H,10,11)/t5?,6?,7-,8+/m1/s1. The van der Waals surface area contributed by atoms with Crippen molar-refractivity contribution in [1.29, 1.82) is 0 Å². The molecule has 2 heteroatoms. The number of allylic oxidation sites excluding steroid dienone is 1. The van der Waals surface area contributed by atoms with Crippen molar-refractivity contribution in [3.05, 3.63) is 12.2 Å². The molecule has 1 saturated heterocycles. The molecule has 2 fully saturated rings. The van der Waals surface area contributed by atoms with Crippen molar-refractivity contribution in [3.63, 3.8) is 0 Å². The maximum absolute atomic E-state index is 11.1. The number of hydrogen-bond acceptors (Lipinski definition) is 1. The third-order valence-electron chi connectivity index (χ3n) is 3.36. The molecule has 1 aliphatic heterocycles. The van der Waals surface area contributed by atoms with Crippen molar-refractivity contribution in [2.75, 3.05) is 0 Å². The number of amides is 1. The second-order valence-electron chi connectivity index (χ2n) is 3.85. The van der Waals surface area contributed by atoms with Crippen molar-refractivity contribution in [2.45, 2.75) is 18.9 Å². The third kappa shape index (κ3) is 0.561. The van der Waals surface area contributed by atoms with Gasteiger partial charge in [0.15, 0.2) is 0 Å². The molecule has 4 aliphatic rings. The number of carbonyl (C=O) groups is 1. The Labute approximate surface area is 65.7 Å². The van der Waals surface area contributed by atoms with Gasteiger partial charge in [-0.2, -0.15) is 0 Å². The molecule has 1 amide bonds. The molecule has 58 valence electrons. The van der Waals surface area contributed by atoms with Gasteiger partial charge in [0.1, 0.15) is 0 Å². The Hall–Kier alpha value is -0.790. The van der Waals surface area contributed by atoms with E-state index < -0.39 is 0 Å². The van der Waals surface area contributed by atoms with Crippen LogP contribution in [0.2, 0.25) is 0 Å². The first kappa shape index (κ1) is 5.81. The van der Waals surface area contributed by atoms with Crippen molar-refractivity contribution in [2.24, 2.45) is 17.8 Å². The fraction of sp³-hybridized carbons (Fsp3) is 0.667. The second-order valence-corrected chi connectivity index (χ2v) is 3.85. The van der Waals surface area contributed by atoms with Crippen LogP contribution in [0.25, 0.3) is 0 Å². The van der Waals surface area contributed by atoms with Crippen LogP contribution in [0.15, 0.2) is 12.2 Å². The minimum atomic E-state index is 0.286. The average Bonchev–Trinajstić information content (AvgIpc) is 2.03. The summed E-state index contributed by atoms with van der Waals surface area (Å²) >= 11 is 0. The van der Waals surface area contributed by atoms with E-state index in [0.29, 0.717) is 23.8 Å². The number of hydrogen-bond donors (Lipinski definition) is 1. The zero-order chi connectivity index (χ0) is 7.42. The van der Waals surface area contributed by atoms with Crippen molar-refractivity contribution in [1.82, 2.24) is 5.32 Å². The lowest BCUT2D eigenvalue weighted by atomic mass is 9.62. The van der Waals surface area contributed by atoms with E-state index >= 15 is 0 Å². The van der Waals surface area contributed by atoms with Crippen LogP contribution in [0.4, 0.5) is 0 Å². The fourth-order valence-corrected chi connectivity index (χ4v) is 2.71. The van der Waals surface area contributed by atoms with Crippen LogP contribution >= 0.6 is 0 Å². The van der Waals surface area contributed by atoms with Crippen LogP contribution in [0, 0.1) is 17.8 Å².